The van der Waals surface area contributed by atoms with Gasteiger partial charge in [0.15, 0.2) is 5.13 Å². The quantitative estimate of drug-likeness (QED) is 0.759. The average Bonchev–Trinajstić information content (AvgIpc) is 3.15. The van der Waals surface area contributed by atoms with Gasteiger partial charge in [-0.1, -0.05) is 0 Å². The van der Waals surface area contributed by atoms with Crippen LogP contribution in [0.1, 0.15) is 62.6 Å². The Bertz CT molecular complexity index is 930. The third-order valence-corrected chi connectivity index (χ3v) is 6.86. The van der Waals surface area contributed by atoms with Gasteiger partial charge in [-0.15, -0.1) is 11.3 Å². The van der Waals surface area contributed by atoms with Crippen LogP contribution in [0.15, 0.2) is 16.9 Å². The molecule has 1 fully saturated rings. The highest BCUT2D eigenvalue weighted by Crippen LogP contribution is 2.29. The van der Waals surface area contributed by atoms with Gasteiger partial charge in [-0.2, -0.15) is 5.10 Å². The minimum Gasteiger partial charge on any atom is -0.350 e. The van der Waals surface area contributed by atoms with Crippen LogP contribution in [0.5, 0.6) is 0 Å². The lowest BCUT2D eigenvalue weighted by atomic mass is 10.0. The van der Waals surface area contributed by atoms with Crippen molar-refractivity contribution in [1.82, 2.24) is 20.1 Å². The minimum atomic E-state index is -0.216. The highest BCUT2D eigenvalue weighted by molar-refractivity contribution is 7.15. The van der Waals surface area contributed by atoms with E-state index < -0.39 is 0 Å². The number of aromatic nitrogens is 3. The van der Waals surface area contributed by atoms with Crippen LogP contribution in [0.3, 0.4) is 0 Å². The SMILES string of the molecule is CC(C)n1nc(N2CCCCC2CNC(=O)Nc2nc3c(s2)CCCC3)ccc1=O. The summed E-state index contributed by atoms with van der Waals surface area (Å²) in [5.41, 5.74) is 1.05. The van der Waals surface area contributed by atoms with E-state index in [0.29, 0.717) is 11.7 Å². The molecule has 0 saturated carbocycles. The zero-order valence-electron chi connectivity index (χ0n) is 17.7. The summed E-state index contributed by atoms with van der Waals surface area (Å²) in [5, 5.41) is 11.2. The number of urea groups is 1. The predicted octanol–water partition coefficient (Wildman–Crippen LogP) is 3.34. The van der Waals surface area contributed by atoms with E-state index in [2.05, 4.69) is 25.6 Å². The molecule has 1 saturated heterocycles. The Hall–Kier alpha value is -2.42. The monoisotopic (exact) mass is 430 g/mol. The van der Waals surface area contributed by atoms with Gasteiger partial charge in [0.2, 0.25) is 0 Å². The van der Waals surface area contributed by atoms with Crippen LogP contribution in [0.2, 0.25) is 0 Å². The first-order valence-electron chi connectivity index (χ1n) is 10.9. The van der Waals surface area contributed by atoms with Crippen molar-refractivity contribution in [3.8, 4) is 0 Å². The van der Waals surface area contributed by atoms with Gasteiger partial charge in [0.25, 0.3) is 5.56 Å². The molecule has 4 rings (SSSR count). The van der Waals surface area contributed by atoms with Gasteiger partial charge in [-0.05, 0) is 64.9 Å². The second-order valence-electron chi connectivity index (χ2n) is 8.34. The van der Waals surface area contributed by atoms with Crippen LogP contribution in [0.25, 0.3) is 0 Å². The Morgan fingerprint density at radius 2 is 2.07 bits per heavy atom. The molecule has 8 nitrogen and oxygen atoms in total. The smallest absolute Gasteiger partial charge is 0.321 e. The van der Waals surface area contributed by atoms with Crippen LogP contribution < -0.4 is 21.1 Å². The Balaban J connectivity index is 1.39. The molecule has 2 amide bonds. The van der Waals surface area contributed by atoms with Gasteiger partial charge >= 0.3 is 6.03 Å². The molecule has 1 aliphatic carbocycles. The fraction of sp³-hybridized carbons (Fsp3) is 0.619. The number of nitrogens with one attached hydrogen (secondary N) is 2. The number of thiazole rings is 1. The van der Waals surface area contributed by atoms with Crippen LogP contribution in [0, 0.1) is 0 Å². The van der Waals surface area contributed by atoms with Crippen molar-refractivity contribution in [3.05, 3.63) is 33.1 Å². The minimum absolute atomic E-state index is 0.00807. The molecule has 1 atom stereocenters. The van der Waals surface area contributed by atoms with Crippen LogP contribution in [0.4, 0.5) is 15.7 Å². The van der Waals surface area contributed by atoms with E-state index in [1.807, 2.05) is 13.8 Å². The van der Waals surface area contributed by atoms with Crippen molar-refractivity contribution in [2.75, 3.05) is 23.3 Å². The maximum absolute atomic E-state index is 12.5. The molecular weight excluding hydrogens is 400 g/mol. The predicted molar refractivity (Wildman–Crippen MR) is 120 cm³/mol. The van der Waals surface area contributed by atoms with E-state index in [1.54, 1.807) is 23.5 Å². The van der Waals surface area contributed by atoms with E-state index >= 15 is 0 Å². The van der Waals surface area contributed by atoms with E-state index in [0.717, 1.165) is 50.2 Å². The summed E-state index contributed by atoms with van der Waals surface area (Å²) in [4.78, 5) is 32.6. The lowest BCUT2D eigenvalue weighted by Crippen LogP contribution is -2.48. The van der Waals surface area contributed by atoms with Crippen molar-refractivity contribution >= 4 is 28.3 Å². The largest absolute Gasteiger partial charge is 0.350 e. The Morgan fingerprint density at radius 1 is 1.23 bits per heavy atom. The maximum Gasteiger partial charge on any atom is 0.321 e. The summed E-state index contributed by atoms with van der Waals surface area (Å²) in [5.74, 6) is 0.794. The second kappa shape index (κ2) is 9.16. The topological polar surface area (TPSA) is 92.2 Å². The molecule has 1 unspecified atom stereocenters. The fourth-order valence-corrected chi connectivity index (χ4v) is 5.25. The standard InChI is InChI=1S/C21H30N6O2S/c1-14(2)27-19(28)11-10-18(25-27)26-12-6-5-7-15(26)13-22-20(29)24-21-23-16-8-3-4-9-17(16)30-21/h10-11,14-15H,3-9,12-13H2,1-2H3,(H2,22,23,24,29). The molecule has 2 aliphatic rings. The number of hydrogen-bond acceptors (Lipinski definition) is 6. The molecule has 0 aromatic carbocycles. The number of carbonyl (C=O) groups is 1. The average molecular weight is 431 g/mol. The first-order valence-corrected chi connectivity index (χ1v) is 11.7. The van der Waals surface area contributed by atoms with Gasteiger partial charge in [0.1, 0.15) is 5.82 Å². The number of carbonyl (C=O) groups excluding carboxylic acids is 1. The van der Waals surface area contributed by atoms with Crippen LogP contribution in [-0.2, 0) is 12.8 Å². The van der Waals surface area contributed by atoms with E-state index in [1.165, 1.54) is 22.4 Å². The first-order chi connectivity index (χ1) is 14.5. The van der Waals surface area contributed by atoms with Crippen molar-refractivity contribution in [1.29, 1.82) is 0 Å². The number of piperidine rings is 1. The number of aryl methyl sites for hydroxylation is 2. The number of fused-ring (bicyclic) bond motifs is 1. The third-order valence-electron chi connectivity index (χ3n) is 5.79. The molecule has 162 valence electrons. The van der Waals surface area contributed by atoms with E-state index in [-0.39, 0.29) is 23.7 Å². The molecule has 30 heavy (non-hydrogen) atoms. The van der Waals surface area contributed by atoms with Crippen molar-refractivity contribution in [2.24, 2.45) is 0 Å². The molecule has 0 spiro atoms. The molecule has 3 heterocycles. The van der Waals surface area contributed by atoms with Crippen LogP contribution >= 0.6 is 11.3 Å². The van der Waals surface area contributed by atoms with Gasteiger partial charge in [0.05, 0.1) is 11.7 Å². The summed E-state index contributed by atoms with van der Waals surface area (Å²) in [6.07, 6.45) is 7.64. The van der Waals surface area contributed by atoms with Crippen molar-refractivity contribution in [3.63, 3.8) is 0 Å². The molecule has 2 N–H and O–H groups in total. The van der Waals surface area contributed by atoms with Gasteiger partial charge in [0, 0.05) is 30.1 Å². The Kier molecular flexibility index (Phi) is 6.36. The number of amides is 2. The number of hydrogen-bond donors (Lipinski definition) is 2. The van der Waals surface area contributed by atoms with Crippen molar-refractivity contribution < 1.29 is 4.79 Å². The number of anilines is 2. The second-order valence-corrected chi connectivity index (χ2v) is 9.43. The maximum atomic E-state index is 12.5. The molecule has 9 heteroatoms. The van der Waals surface area contributed by atoms with Gasteiger partial charge in [-0.3, -0.25) is 10.1 Å². The van der Waals surface area contributed by atoms with E-state index in [4.69, 9.17) is 0 Å². The molecule has 2 aromatic rings. The highest BCUT2D eigenvalue weighted by atomic mass is 32.1. The lowest BCUT2D eigenvalue weighted by Gasteiger charge is -2.36. The number of nitrogens with zero attached hydrogens (tertiary/aromatic N) is 4. The van der Waals surface area contributed by atoms with Crippen molar-refractivity contribution in [2.45, 2.75) is 70.9 Å². The first kappa shape index (κ1) is 20.8. The van der Waals surface area contributed by atoms with Gasteiger partial charge in [-0.25, -0.2) is 14.5 Å². The van der Waals surface area contributed by atoms with E-state index in [9.17, 15) is 9.59 Å². The summed E-state index contributed by atoms with van der Waals surface area (Å²) in [7, 11) is 0. The Labute approximate surface area is 180 Å². The third kappa shape index (κ3) is 4.66. The summed E-state index contributed by atoms with van der Waals surface area (Å²) in [6, 6.07) is 3.32. The molecule has 1 aliphatic heterocycles. The van der Waals surface area contributed by atoms with Gasteiger partial charge < -0.3 is 10.2 Å². The Morgan fingerprint density at radius 3 is 2.87 bits per heavy atom. The highest BCUT2D eigenvalue weighted by Gasteiger charge is 2.25. The summed E-state index contributed by atoms with van der Waals surface area (Å²) >= 11 is 1.59. The molecule has 2 aromatic heterocycles. The lowest BCUT2D eigenvalue weighted by molar-refractivity contribution is 0.250. The zero-order chi connectivity index (χ0) is 21.1. The molecular formula is C21H30N6O2S. The van der Waals surface area contributed by atoms with Crippen LogP contribution in [-0.4, -0.2) is 39.9 Å². The fourth-order valence-electron chi connectivity index (χ4n) is 4.21. The molecule has 0 bridgehead atoms. The zero-order valence-corrected chi connectivity index (χ0v) is 18.5. The number of rotatable bonds is 5. The molecule has 0 radical (unpaired) electrons. The summed E-state index contributed by atoms with van der Waals surface area (Å²) < 4.78 is 1.52. The normalized spacial score (nSPS) is 18.9. The summed E-state index contributed by atoms with van der Waals surface area (Å²) in [6.45, 7) is 5.30.